The van der Waals surface area contributed by atoms with Crippen LogP contribution in [0.15, 0.2) is 12.5 Å². The van der Waals surface area contributed by atoms with Crippen LogP contribution < -0.4 is 5.32 Å². The van der Waals surface area contributed by atoms with Crippen molar-refractivity contribution in [3.05, 3.63) is 18.2 Å². The first kappa shape index (κ1) is 11.7. The second-order valence-corrected chi connectivity index (χ2v) is 3.96. The lowest BCUT2D eigenvalue weighted by Crippen LogP contribution is -2.40. The van der Waals surface area contributed by atoms with Gasteiger partial charge < -0.3 is 15.4 Å². The molecule has 0 unspecified atom stereocenters. The van der Waals surface area contributed by atoms with Gasteiger partial charge in [0.25, 0.3) is 0 Å². The summed E-state index contributed by atoms with van der Waals surface area (Å²) in [6.45, 7) is 4.78. The zero-order valence-electron chi connectivity index (χ0n) is 9.03. The van der Waals surface area contributed by atoms with E-state index >= 15 is 0 Å². The van der Waals surface area contributed by atoms with Crippen LogP contribution in [0, 0.1) is 5.92 Å². The summed E-state index contributed by atoms with van der Waals surface area (Å²) in [6.07, 6.45) is 3.68. The molecule has 5 nitrogen and oxygen atoms in total. The average molecular weight is 211 g/mol. The van der Waals surface area contributed by atoms with E-state index in [4.69, 9.17) is 5.11 Å². The summed E-state index contributed by atoms with van der Waals surface area (Å²) in [7, 11) is 0. The van der Waals surface area contributed by atoms with E-state index in [0.717, 1.165) is 5.69 Å². The Labute approximate surface area is 88.9 Å². The van der Waals surface area contributed by atoms with Crippen molar-refractivity contribution in [2.45, 2.75) is 26.3 Å². The number of rotatable bonds is 6. The van der Waals surface area contributed by atoms with Crippen LogP contribution in [0.3, 0.4) is 0 Å². The van der Waals surface area contributed by atoms with E-state index in [1.165, 1.54) is 0 Å². The van der Waals surface area contributed by atoms with Gasteiger partial charge in [0.15, 0.2) is 0 Å². The molecule has 1 heterocycles. The topological polar surface area (TPSA) is 78.0 Å². The Kier molecular flexibility index (Phi) is 4.30. The molecule has 0 aliphatic carbocycles. The molecule has 5 heteroatoms. The number of nitrogens with one attached hydrogen (secondary N) is 2. The number of aromatic nitrogens is 2. The van der Waals surface area contributed by atoms with Crippen LogP contribution in [0.25, 0.3) is 0 Å². The third-order valence-corrected chi connectivity index (χ3v) is 2.04. The summed E-state index contributed by atoms with van der Waals surface area (Å²) in [4.78, 5) is 17.8. The van der Waals surface area contributed by atoms with Gasteiger partial charge in [0, 0.05) is 12.6 Å². The highest BCUT2D eigenvalue weighted by Gasteiger charge is 2.18. The van der Waals surface area contributed by atoms with Gasteiger partial charge in [-0.15, -0.1) is 0 Å². The molecule has 0 spiro atoms. The average Bonchev–Trinajstić information content (AvgIpc) is 2.63. The fourth-order valence-corrected chi connectivity index (χ4v) is 1.24. The van der Waals surface area contributed by atoms with E-state index in [1.54, 1.807) is 12.5 Å². The second kappa shape index (κ2) is 5.50. The third kappa shape index (κ3) is 4.12. The molecule has 0 fully saturated rings. The van der Waals surface area contributed by atoms with Gasteiger partial charge in [-0.25, -0.2) is 4.98 Å². The highest BCUT2D eigenvalue weighted by Crippen LogP contribution is 2.00. The summed E-state index contributed by atoms with van der Waals surface area (Å²) in [5, 5.41) is 12.0. The zero-order chi connectivity index (χ0) is 11.3. The van der Waals surface area contributed by atoms with E-state index < -0.39 is 12.0 Å². The number of aromatic amines is 1. The van der Waals surface area contributed by atoms with Gasteiger partial charge in [0.1, 0.15) is 6.04 Å². The lowest BCUT2D eigenvalue weighted by molar-refractivity contribution is -0.139. The molecule has 3 N–H and O–H groups in total. The van der Waals surface area contributed by atoms with Crippen molar-refractivity contribution >= 4 is 5.97 Å². The van der Waals surface area contributed by atoms with Crippen molar-refractivity contribution < 1.29 is 9.90 Å². The normalized spacial score (nSPS) is 13.0. The van der Waals surface area contributed by atoms with Crippen LogP contribution in [0.4, 0.5) is 0 Å². The van der Waals surface area contributed by atoms with Crippen molar-refractivity contribution in [3.63, 3.8) is 0 Å². The first-order chi connectivity index (χ1) is 7.09. The Morgan fingerprint density at radius 3 is 2.87 bits per heavy atom. The van der Waals surface area contributed by atoms with Crippen LogP contribution in [-0.4, -0.2) is 33.6 Å². The van der Waals surface area contributed by atoms with E-state index in [0.29, 0.717) is 18.9 Å². The predicted octanol–water partition coefficient (Wildman–Crippen LogP) is 0.651. The minimum absolute atomic E-state index is 0.408. The standard InChI is InChI=1S/C10H17N3O2/c1-7(2)4-12-9(10(14)15)3-8-5-11-6-13-8/h5-7,9,12H,3-4H2,1-2H3,(H,11,13)(H,14,15)/t9-/m0/s1. The first-order valence-electron chi connectivity index (χ1n) is 5.03. The van der Waals surface area contributed by atoms with Gasteiger partial charge in [-0.2, -0.15) is 0 Å². The fraction of sp³-hybridized carbons (Fsp3) is 0.600. The largest absolute Gasteiger partial charge is 0.480 e. The fourth-order valence-electron chi connectivity index (χ4n) is 1.24. The molecule has 0 aliphatic heterocycles. The minimum atomic E-state index is -0.835. The molecule has 84 valence electrons. The van der Waals surface area contributed by atoms with Gasteiger partial charge in [0.05, 0.1) is 12.0 Å². The van der Waals surface area contributed by atoms with Crippen molar-refractivity contribution in [1.82, 2.24) is 15.3 Å². The summed E-state index contributed by atoms with van der Waals surface area (Å²) in [6, 6.07) is -0.560. The maximum absolute atomic E-state index is 10.9. The molecule has 1 aromatic rings. The zero-order valence-corrected chi connectivity index (χ0v) is 9.03. The Hall–Kier alpha value is -1.36. The van der Waals surface area contributed by atoms with Crippen LogP contribution in [0.2, 0.25) is 0 Å². The van der Waals surface area contributed by atoms with Gasteiger partial charge >= 0.3 is 5.97 Å². The quantitative estimate of drug-likeness (QED) is 0.645. The molecular formula is C10H17N3O2. The predicted molar refractivity (Wildman–Crippen MR) is 56.6 cm³/mol. The number of carbonyl (C=O) groups is 1. The van der Waals surface area contributed by atoms with Gasteiger partial charge in [-0.05, 0) is 12.5 Å². The van der Waals surface area contributed by atoms with Crippen LogP contribution >= 0.6 is 0 Å². The molecule has 0 radical (unpaired) electrons. The third-order valence-electron chi connectivity index (χ3n) is 2.04. The summed E-state index contributed by atoms with van der Waals surface area (Å²) < 4.78 is 0. The van der Waals surface area contributed by atoms with Crippen LogP contribution in [-0.2, 0) is 11.2 Å². The number of H-pyrrole nitrogens is 1. The molecule has 0 bridgehead atoms. The second-order valence-electron chi connectivity index (χ2n) is 3.96. The van der Waals surface area contributed by atoms with E-state index in [9.17, 15) is 4.79 Å². The minimum Gasteiger partial charge on any atom is -0.480 e. The van der Waals surface area contributed by atoms with Crippen LogP contribution in [0.5, 0.6) is 0 Å². The highest BCUT2D eigenvalue weighted by molar-refractivity contribution is 5.73. The molecule has 1 atom stereocenters. The number of aliphatic carboxylic acids is 1. The highest BCUT2D eigenvalue weighted by atomic mass is 16.4. The SMILES string of the molecule is CC(C)CN[C@@H](Cc1c[nH]cn1)C(=O)O. The number of nitrogens with zero attached hydrogens (tertiary/aromatic N) is 1. The molecule has 0 saturated heterocycles. The number of carboxylic acids is 1. The van der Waals surface area contributed by atoms with Crippen molar-refractivity contribution in [1.29, 1.82) is 0 Å². The molecule has 1 rings (SSSR count). The molecule has 0 saturated carbocycles. The number of imidazole rings is 1. The van der Waals surface area contributed by atoms with Gasteiger partial charge in [0.2, 0.25) is 0 Å². The Bertz CT molecular complexity index is 296. The molecule has 15 heavy (non-hydrogen) atoms. The summed E-state index contributed by atoms with van der Waals surface area (Å²) >= 11 is 0. The maximum atomic E-state index is 10.9. The van der Waals surface area contributed by atoms with E-state index in [2.05, 4.69) is 15.3 Å². The number of hydrogen-bond acceptors (Lipinski definition) is 3. The lowest BCUT2D eigenvalue weighted by atomic mass is 10.1. The maximum Gasteiger partial charge on any atom is 0.321 e. The Balaban J connectivity index is 2.47. The van der Waals surface area contributed by atoms with Crippen molar-refractivity contribution in [2.24, 2.45) is 5.92 Å². The Morgan fingerprint density at radius 1 is 1.67 bits per heavy atom. The molecule has 0 amide bonds. The van der Waals surface area contributed by atoms with E-state index in [-0.39, 0.29) is 0 Å². The summed E-state index contributed by atoms with van der Waals surface area (Å²) in [5.41, 5.74) is 0.763. The number of carboxylic acid groups (broad SMARTS) is 1. The van der Waals surface area contributed by atoms with Gasteiger partial charge in [-0.1, -0.05) is 13.8 Å². The molecule has 0 aliphatic rings. The van der Waals surface area contributed by atoms with Crippen LogP contribution in [0.1, 0.15) is 19.5 Å². The summed E-state index contributed by atoms with van der Waals surface area (Å²) in [5.74, 6) is -0.398. The van der Waals surface area contributed by atoms with Crippen molar-refractivity contribution in [3.8, 4) is 0 Å². The van der Waals surface area contributed by atoms with E-state index in [1.807, 2.05) is 13.8 Å². The molecular weight excluding hydrogens is 194 g/mol. The monoisotopic (exact) mass is 211 g/mol. The Morgan fingerprint density at radius 2 is 2.40 bits per heavy atom. The number of hydrogen-bond donors (Lipinski definition) is 3. The smallest absolute Gasteiger partial charge is 0.321 e. The van der Waals surface area contributed by atoms with Crippen molar-refractivity contribution in [2.75, 3.05) is 6.54 Å². The molecule has 1 aromatic heterocycles. The first-order valence-corrected chi connectivity index (χ1v) is 5.03. The lowest BCUT2D eigenvalue weighted by Gasteiger charge is -2.14. The molecule has 0 aromatic carbocycles. The van der Waals surface area contributed by atoms with Gasteiger partial charge in [-0.3, -0.25) is 4.79 Å².